The number of carbonyl (C=O) groups excluding carboxylic acids is 4. The number of ether oxygens (including phenoxy) is 4. The highest BCUT2D eigenvalue weighted by Crippen LogP contribution is 2.45. The molecule has 0 aliphatic heterocycles. The first-order chi connectivity index (χ1) is 50.7. The Labute approximate surface area is 630 Å². The van der Waals surface area contributed by atoms with Crippen LogP contribution in [-0.2, 0) is 65.4 Å². The molecular formula is C85H142O17P2. The first-order valence-electron chi connectivity index (χ1n) is 40.1. The lowest BCUT2D eigenvalue weighted by molar-refractivity contribution is -0.161. The Morgan fingerprint density at radius 3 is 0.885 bits per heavy atom. The smallest absolute Gasteiger partial charge is 0.462 e. The Balaban J connectivity index is 5.45. The van der Waals surface area contributed by atoms with Gasteiger partial charge in [-0.3, -0.25) is 37.3 Å². The summed E-state index contributed by atoms with van der Waals surface area (Å²) in [5.41, 5.74) is 0. The number of carbonyl (C=O) groups is 4. The van der Waals surface area contributed by atoms with Crippen molar-refractivity contribution in [3.05, 3.63) is 146 Å². The summed E-state index contributed by atoms with van der Waals surface area (Å²) < 4.78 is 68.5. The van der Waals surface area contributed by atoms with Gasteiger partial charge in [0, 0.05) is 19.3 Å². The molecule has 3 N–H and O–H groups in total. The van der Waals surface area contributed by atoms with Crippen LogP contribution in [0.4, 0.5) is 0 Å². The summed E-state index contributed by atoms with van der Waals surface area (Å²) >= 11 is 0. The van der Waals surface area contributed by atoms with E-state index in [1.54, 1.807) is 12.2 Å². The molecule has 0 spiro atoms. The molecule has 5 atom stereocenters. The number of phosphoric acid groups is 2. The van der Waals surface area contributed by atoms with Crippen LogP contribution in [0.2, 0.25) is 0 Å². The molecule has 0 aromatic rings. The van der Waals surface area contributed by atoms with Gasteiger partial charge in [-0.2, -0.15) is 0 Å². The van der Waals surface area contributed by atoms with Crippen molar-refractivity contribution in [1.82, 2.24) is 0 Å². The van der Waals surface area contributed by atoms with Gasteiger partial charge in [-0.05, 0) is 148 Å². The summed E-state index contributed by atoms with van der Waals surface area (Å²) in [4.78, 5) is 73.0. The maximum absolute atomic E-state index is 13.1. The number of aliphatic hydroxyl groups excluding tert-OH is 1. The second-order valence-electron chi connectivity index (χ2n) is 26.3. The van der Waals surface area contributed by atoms with Gasteiger partial charge in [-0.1, -0.05) is 283 Å². The third kappa shape index (κ3) is 75.2. The third-order valence-corrected chi connectivity index (χ3v) is 18.2. The molecule has 17 nitrogen and oxygen atoms in total. The summed E-state index contributed by atoms with van der Waals surface area (Å²) in [5, 5.41) is 10.6. The number of hydrogen-bond acceptors (Lipinski definition) is 15. The quantitative estimate of drug-likeness (QED) is 0.0169. The van der Waals surface area contributed by atoms with E-state index in [9.17, 15) is 43.2 Å². The lowest BCUT2D eigenvalue weighted by Gasteiger charge is -2.21. The van der Waals surface area contributed by atoms with Gasteiger partial charge in [-0.15, -0.1) is 0 Å². The van der Waals surface area contributed by atoms with Crippen LogP contribution in [0.15, 0.2) is 146 Å². The van der Waals surface area contributed by atoms with Gasteiger partial charge in [0.15, 0.2) is 12.2 Å². The predicted molar refractivity (Wildman–Crippen MR) is 427 cm³/mol. The highest BCUT2D eigenvalue weighted by atomic mass is 31.2. The monoisotopic (exact) mass is 1500 g/mol. The predicted octanol–water partition coefficient (Wildman–Crippen LogP) is 23.4. The first kappa shape index (κ1) is 98.9. The van der Waals surface area contributed by atoms with Crippen LogP contribution in [0.25, 0.3) is 0 Å². The maximum atomic E-state index is 13.1. The highest BCUT2D eigenvalue weighted by Gasteiger charge is 2.30. The molecule has 0 rings (SSSR count). The van der Waals surface area contributed by atoms with Gasteiger partial charge in [0.2, 0.25) is 0 Å². The van der Waals surface area contributed by atoms with Crippen LogP contribution in [0.1, 0.15) is 310 Å². The molecule has 0 radical (unpaired) electrons. The number of phosphoric ester groups is 2. The van der Waals surface area contributed by atoms with E-state index < -0.39 is 97.5 Å². The minimum absolute atomic E-state index is 0.0753. The fraction of sp³-hybridized carbons (Fsp3) is 0.671. The van der Waals surface area contributed by atoms with E-state index in [0.717, 1.165) is 173 Å². The Kier molecular flexibility index (Phi) is 72.4. The van der Waals surface area contributed by atoms with Gasteiger partial charge in [0.05, 0.1) is 32.8 Å². The Morgan fingerprint density at radius 2 is 0.538 bits per heavy atom. The second-order valence-corrected chi connectivity index (χ2v) is 29.2. The Morgan fingerprint density at radius 1 is 0.288 bits per heavy atom. The Bertz CT molecular complexity index is 2540. The van der Waals surface area contributed by atoms with Crippen molar-refractivity contribution in [3.8, 4) is 0 Å². The molecule has 104 heavy (non-hydrogen) atoms. The molecule has 594 valence electrons. The number of aliphatic hydroxyl groups is 1. The molecule has 0 saturated heterocycles. The van der Waals surface area contributed by atoms with Gasteiger partial charge >= 0.3 is 39.5 Å². The molecule has 0 heterocycles. The highest BCUT2D eigenvalue weighted by molar-refractivity contribution is 7.47. The number of unbranched alkanes of at least 4 members (excludes halogenated alkanes) is 25. The molecule has 0 aliphatic carbocycles. The summed E-state index contributed by atoms with van der Waals surface area (Å²) in [6.45, 7) is 4.46. The van der Waals surface area contributed by atoms with E-state index in [0.29, 0.717) is 25.7 Å². The average Bonchev–Trinajstić information content (AvgIpc) is 0.999. The van der Waals surface area contributed by atoms with E-state index >= 15 is 0 Å². The van der Waals surface area contributed by atoms with E-state index in [1.165, 1.54) is 57.8 Å². The standard InChI is InChI=1S/C85H142O17P2/c1-5-9-13-17-21-25-29-33-37-38-39-40-44-46-50-54-58-62-66-70-83(88)96-76-81(102-85(90)72-68-64-60-56-52-48-43-36-32-28-24-20-16-12-8-4)78-100-104(93,94)98-74-79(86)73-97-103(91,92)99-77-80(101-84(89)71-67-63-59-55-51-47-42-35-31-27-23-19-15-11-7-3)75-95-82(87)69-65-61-57-53-49-45-41-34-30-26-22-18-14-10-6-2/h10,12,14,16,21-22,24-26,28,33-37,39-43,52,56,64,68,79-81,86H,5-9,11,13,15,17-20,23,27,29-32,38,44-51,53-55,57-63,65-67,69-78H2,1-4H3,(H,91,92)(H,93,94)/b14-10-,16-12-,25-21-,26-22-,28-24-,37-33-,40-39-,41-34-,42-35-,43-36-,56-52-,68-64-. The molecule has 0 aromatic heterocycles. The lowest BCUT2D eigenvalue weighted by atomic mass is 10.1. The van der Waals surface area contributed by atoms with Crippen LogP contribution >= 0.6 is 15.6 Å². The zero-order valence-corrected chi connectivity index (χ0v) is 66.7. The van der Waals surface area contributed by atoms with Crippen molar-refractivity contribution in [1.29, 1.82) is 0 Å². The van der Waals surface area contributed by atoms with E-state index in [1.807, 2.05) is 12.2 Å². The van der Waals surface area contributed by atoms with E-state index in [-0.39, 0.29) is 25.7 Å². The molecule has 0 aliphatic rings. The fourth-order valence-corrected chi connectivity index (χ4v) is 11.8. The average molecular weight is 1500 g/mol. The maximum Gasteiger partial charge on any atom is 0.472 e. The van der Waals surface area contributed by atoms with E-state index in [2.05, 4.69) is 149 Å². The fourth-order valence-electron chi connectivity index (χ4n) is 10.3. The minimum Gasteiger partial charge on any atom is -0.462 e. The summed E-state index contributed by atoms with van der Waals surface area (Å²) in [6, 6.07) is 0. The zero-order valence-electron chi connectivity index (χ0n) is 64.9. The van der Waals surface area contributed by atoms with Crippen molar-refractivity contribution in [2.45, 2.75) is 329 Å². The van der Waals surface area contributed by atoms with Crippen LogP contribution < -0.4 is 0 Å². The molecule has 0 fully saturated rings. The summed E-state index contributed by atoms with van der Waals surface area (Å²) in [6.07, 6.45) is 87.1. The second kappa shape index (κ2) is 76.1. The number of hydrogen-bond donors (Lipinski definition) is 3. The van der Waals surface area contributed by atoms with Crippen molar-refractivity contribution in [2.75, 3.05) is 39.6 Å². The molecule has 0 aromatic carbocycles. The molecule has 5 unspecified atom stereocenters. The number of esters is 4. The van der Waals surface area contributed by atoms with E-state index in [4.69, 9.17) is 37.0 Å². The van der Waals surface area contributed by atoms with Gasteiger partial charge in [0.1, 0.15) is 19.3 Å². The molecule has 0 amide bonds. The molecule has 0 bridgehead atoms. The van der Waals surface area contributed by atoms with Crippen molar-refractivity contribution >= 4 is 39.5 Å². The molecule has 19 heteroatoms. The molecular weight excluding hydrogens is 1350 g/mol. The number of allylic oxidation sites excluding steroid dienone is 23. The SMILES string of the molecule is CC/C=C\C/C=C\C/C=C\C/C=C\C/C=C\CC(=O)OC(COC(=O)CCCCCCCC/C=C\C/C=C\C/C=C\CCCCC)COP(=O)(O)OCC(O)COP(=O)(O)OCC(COC(=O)CCCCCCC/C=C\C/C=C\C/C=C\CC)OC(=O)CCCCCCC/C=C\CCCCCCCC. The van der Waals surface area contributed by atoms with Crippen molar-refractivity contribution in [3.63, 3.8) is 0 Å². The van der Waals surface area contributed by atoms with Crippen LogP contribution in [0.5, 0.6) is 0 Å². The van der Waals surface area contributed by atoms with Crippen LogP contribution in [0.3, 0.4) is 0 Å². The zero-order chi connectivity index (χ0) is 76.0. The largest absolute Gasteiger partial charge is 0.472 e. The topological polar surface area (TPSA) is 237 Å². The summed E-state index contributed by atoms with van der Waals surface area (Å²) in [5.74, 6) is -2.37. The third-order valence-electron chi connectivity index (χ3n) is 16.3. The normalized spacial score (nSPS) is 14.6. The van der Waals surface area contributed by atoms with Gasteiger partial charge in [0.25, 0.3) is 0 Å². The van der Waals surface area contributed by atoms with Crippen LogP contribution in [0, 0.1) is 0 Å². The van der Waals surface area contributed by atoms with Crippen molar-refractivity contribution < 1.29 is 80.2 Å². The van der Waals surface area contributed by atoms with Gasteiger partial charge in [-0.25, -0.2) is 9.13 Å². The first-order valence-corrected chi connectivity index (χ1v) is 43.1. The molecule has 0 saturated carbocycles. The van der Waals surface area contributed by atoms with Crippen LogP contribution in [-0.4, -0.2) is 96.7 Å². The Hall–Kier alpha value is -5.06. The number of rotatable bonds is 74. The lowest BCUT2D eigenvalue weighted by Crippen LogP contribution is -2.30. The van der Waals surface area contributed by atoms with Crippen molar-refractivity contribution in [2.24, 2.45) is 0 Å². The minimum atomic E-state index is -5.01. The summed E-state index contributed by atoms with van der Waals surface area (Å²) in [7, 11) is -10.0. The van der Waals surface area contributed by atoms with Gasteiger partial charge < -0.3 is 33.8 Å².